The minimum absolute atomic E-state index is 0.288. The molecule has 0 aliphatic rings. The van der Waals surface area contributed by atoms with Gasteiger partial charge >= 0.3 is 0 Å². The van der Waals surface area contributed by atoms with Crippen LogP contribution < -0.4 is 21.7 Å². The molecular weight excluding hydrogens is 284 g/mol. The van der Waals surface area contributed by atoms with Gasteiger partial charge in [-0.1, -0.05) is 0 Å². The Labute approximate surface area is 119 Å². The second-order valence-electron chi connectivity index (χ2n) is 5.41. The average molecular weight is 290 g/mol. The molecule has 6 nitrogen and oxygen atoms in total. The van der Waals surface area contributed by atoms with E-state index in [1.807, 2.05) is 0 Å². The van der Waals surface area contributed by atoms with E-state index in [0.717, 1.165) is 0 Å². The first-order valence-corrected chi connectivity index (χ1v) is 6.63. The molecule has 0 spiro atoms. The van der Waals surface area contributed by atoms with Gasteiger partial charge in [-0.2, -0.15) is 0 Å². The SMILES string of the molecule is O=c1cc2[nH]cc3c4c(=O)c(=O)cc5[nH]cc(c(c1=O)c23)c54. The number of hydrogen-bond acceptors (Lipinski definition) is 4. The highest BCUT2D eigenvalue weighted by molar-refractivity contribution is 6.32. The maximum Gasteiger partial charge on any atom is 0.234 e. The van der Waals surface area contributed by atoms with Crippen LogP contribution in [0.4, 0.5) is 0 Å². The highest BCUT2D eigenvalue weighted by Gasteiger charge is 2.21. The van der Waals surface area contributed by atoms with E-state index in [2.05, 4.69) is 9.97 Å². The van der Waals surface area contributed by atoms with Gasteiger partial charge in [0.2, 0.25) is 21.7 Å². The molecule has 0 amide bonds. The summed E-state index contributed by atoms with van der Waals surface area (Å²) in [5.74, 6) is 0. The zero-order chi connectivity index (χ0) is 15.2. The van der Waals surface area contributed by atoms with Crippen LogP contribution in [0.15, 0.2) is 43.7 Å². The normalized spacial score (nSPS) is 12.4. The molecule has 5 aromatic rings. The summed E-state index contributed by atoms with van der Waals surface area (Å²) in [6.45, 7) is 0. The van der Waals surface area contributed by atoms with Crippen molar-refractivity contribution in [3.8, 4) is 0 Å². The second-order valence-corrected chi connectivity index (χ2v) is 5.41. The summed E-state index contributed by atoms with van der Waals surface area (Å²) < 4.78 is 0. The lowest BCUT2D eigenvalue weighted by atomic mass is 9.96. The van der Waals surface area contributed by atoms with Gasteiger partial charge in [-0.25, -0.2) is 0 Å². The molecule has 0 atom stereocenters. The van der Waals surface area contributed by atoms with Gasteiger partial charge in [-0.05, 0) is 0 Å². The molecule has 0 bridgehead atoms. The second kappa shape index (κ2) is 3.30. The first-order chi connectivity index (χ1) is 10.6. The van der Waals surface area contributed by atoms with Gasteiger partial charge < -0.3 is 9.97 Å². The molecule has 0 saturated carbocycles. The molecule has 6 heteroatoms. The van der Waals surface area contributed by atoms with Crippen LogP contribution in [0.2, 0.25) is 0 Å². The summed E-state index contributed by atoms with van der Waals surface area (Å²) in [5, 5.41) is 2.64. The first kappa shape index (κ1) is 11.4. The number of nitrogens with one attached hydrogen (secondary N) is 2. The number of hydrogen-bond donors (Lipinski definition) is 2. The number of aromatic nitrogens is 2. The molecule has 0 fully saturated rings. The third-order valence-corrected chi connectivity index (χ3v) is 4.31. The molecule has 2 N–H and O–H groups in total. The van der Waals surface area contributed by atoms with Crippen molar-refractivity contribution < 1.29 is 0 Å². The lowest BCUT2D eigenvalue weighted by Gasteiger charge is -2.03. The quantitative estimate of drug-likeness (QED) is 0.324. The number of rotatable bonds is 0. The molecule has 2 aromatic heterocycles. The van der Waals surface area contributed by atoms with E-state index < -0.39 is 21.7 Å². The van der Waals surface area contributed by atoms with Gasteiger partial charge in [0.25, 0.3) is 0 Å². The number of fused-ring (bicyclic) bond motifs is 2. The Morgan fingerprint density at radius 1 is 0.591 bits per heavy atom. The van der Waals surface area contributed by atoms with Crippen molar-refractivity contribution in [2.45, 2.75) is 0 Å². The maximum atomic E-state index is 12.3. The van der Waals surface area contributed by atoms with Crippen LogP contribution >= 0.6 is 0 Å². The maximum absolute atomic E-state index is 12.3. The fraction of sp³-hybridized carbons (Fsp3) is 0. The standard InChI is InChI=1S/C16H6N2O4/c19-9-1-7-11-5(3-17-7)14-12-6(13(11)15(9)21)4-18-8(12)2-10(20)16(14)22/h1-4,17-18H. The van der Waals surface area contributed by atoms with Gasteiger partial charge in [0.15, 0.2) is 0 Å². The number of benzene rings is 3. The Balaban J connectivity index is 2.42. The largest absolute Gasteiger partial charge is 0.360 e. The minimum Gasteiger partial charge on any atom is -0.360 e. The zero-order valence-corrected chi connectivity index (χ0v) is 10.9. The van der Waals surface area contributed by atoms with Crippen molar-refractivity contribution >= 4 is 43.4 Å². The van der Waals surface area contributed by atoms with Crippen molar-refractivity contribution in [3.63, 3.8) is 0 Å². The molecule has 2 heterocycles. The van der Waals surface area contributed by atoms with E-state index in [1.54, 1.807) is 12.4 Å². The fourth-order valence-electron chi connectivity index (χ4n) is 3.42. The van der Waals surface area contributed by atoms with Gasteiger partial charge in [0.1, 0.15) is 0 Å². The van der Waals surface area contributed by atoms with E-state index in [1.165, 1.54) is 12.1 Å². The van der Waals surface area contributed by atoms with Crippen LogP contribution in [0.3, 0.4) is 0 Å². The Hall–Kier alpha value is -3.28. The van der Waals surface area contributed by atoms with E-state index in [-0.39, 0.29) is 10.8 Å². The van der Waals surface area contributed by atoms with Crippen LogP contribution in [-0.2, 0) is 0 Å². The fourth-order valence-corrected chi connectivity index (χ4v) is 3.42. The van der Waals surface area contributed by atoms with E-state index in [0.29, 0.717) is 32.6 Å². The molecular formula is C16H6N2O4. The molecule has 104 valence electrons. The van der Waals surface area contributed by atoms with E-state index >= 15 is 0 Å². The average Bonchev–Trinajstić information content (AvgIpc) is 3.08. The molecule has 0 saturated heterocycles. The molecule has 0 radical (unpaired) electrons. The van der Waals surface area contributed by atoms with Crippen molar-refractivity contribution in [2.75, 3.05) is 0 Å². The molecule has 0 unspecified atom stereocenters. The zero-order valence-electron chi connectivity index (χ0n) is 10.9. The van der Waals surface area contributed by atoms with Crippen molar-refractivity contribution in [1.29, 1.82) is 0 Å². The van der Waals surface area contributed by atoms with E-state index in [9.17, 15) is 19.2 Å². The minimum atomic E-state index is -0.600. The van der Waals surface area contributed by atoms with E-state index in [4.69, 9.17) is 0 Å². The van der Waals surface area contributed by atoms with Crippen molar-refractivity contribution in [2.24, 2.45) is 0 Å². The van der Waals surface area contributed by atoms with Crippen LogP contribution in [0.25, 0.3) is 43.4 Å². The summed E-state index contributed by atoms with van der Waals surface area (Å²) in [5.41, 5.74) is -1.42. The molecule has 22 heavy (non-hydrogen) atoms. The van der Waals surface area contributed by atoms with Crippen molar-refractivity contribution in [1.82, 2.24) is 9.97 Å². The summed E-state index contributed by atoms with van der Waals surface area (Å²) in [6, 6.07) is 2.45. The first-order valence-electron chi connectivity index (χ1n) is 6.63. The van der Waals surface area contributed by atoms with Crippen LogP contribution in [0.1, 0.15) is 0 Å². The van der Waals surface area contributed by atoms with Gasteiger partial charge in [-0.15, -0.1) is 0 Å². The van der Waals surface area contributed by atoms with Crippen LogP contribution in [-0.4, -0.2) is 9.97 Å². The summed E-state index contributed by atoms with van der Waals surface area (Å²) in [4.78, 5) is 54.2. The highest BCUT2D eigenvalue weighted by atomic mass is 16.2. The Morgan fingerprint density at radius 3 is 1.41 bits per heavy atom. The van der Waals surface area contributed by atoms with Crippen molar-refractivity contribution in [3.05, 3.63) is 65.4 Å². The molecule has 0 aliphatic heterocycles. The monoisotopic (exact) mass is 290 g/mol. The molecule has 0 aliphatic carbocycles. The Bertz CT molecular complexity index is 1330. The highest BCUT2D eigenvalue weighted by Crippen LogP contribution is 2.35. The Morgan fingerprint density at radius 2 is 1.00 bits per heavy atom. The smallest absolute Gasteiger partial charge is 0.234 e. The molecule has 5 rings (SSSR count). The van der Waals surface area contributed by atoms with Gasteiger partial charge in [0.05, 0.1) is 11.0 Å². The summed E-state index contributed by atoms with van der Waals surface area (Å²) >= 11 is 0. The number of H-pyrrole nitrogens is 2. The topological polar surface area (TPSA) is 99.9 Å². The van der Waals surface area contributed by atoms with Crippen LogP contribution in [0.5, 0.6) is 0 Å². The number of aromatic amines is 2. The Kier molecular flexibility index (Phi) is 1.71. The summed E-state index contributed by atoms with van der Waals surface area (Å²) in [6.07, 6.45) is 3.14. The van der Waals surface area contributed by atoms with Gasteiger partial charge in [-0.3, -0.25) is 19.2 Å². The van der Waals surface area contributed by atoms with Gasteiger partial charge in [0, 0.05) is 56.8 Å². The van der Waals surface area contributed by atoms with Crippen LogP contribution in [0, 0.1) is 0 Å². The third-order valence-electron chi connectivity index (χ3n) is 4.31. The third kappa shape index (κ3) is 1.05. The molecule has 3 aromatic carbocycles. The lowest BCUT2D eigenvalue weighted by molar-refractivity contribution is 1.45. The summed E-state index contributed by atoms with van der Waals surface area (Å²) in [7, 11) is 0. The predicted octanol–water partition coefficient (Wildman–Crippen LogP) is 0.710. The lowest BCUT2D eigenvalue weighted by Crippen LogP contribution is -2.24. The predicted molar refractivity (Wildman–Crippen MR) is 83.8 cm³/mol.